The highest BCUT2D eigenvalue weighted by atomic mass is 31.2. The fourth-order valence-corrected chi connectivity index (χ4v) is 2.50. The Morgan fingerprint density at radius 1 is 0.900 bits per heavy atom. The first-order valence-electron chi connectivity index (χ1n) is 6.58. The first-order chi connectivity index (χ1) is 8.85. The van der Waals surface area contributed by atoms with Crippen molar-refractivity contribution in [2.75, 3.05) is 0 Å². The highest BCUT2D eigenvalue weighted by Crippen LogP contribution is 2.46. The maximum Gasteiger partial charge on any atom is 0.200 e. The van der Waals surface area contributed by atoms with Crippen molar-refractivity contribution >= 4 is 8.38 Å². The molecule has 1 atom stereocenters. The smallest absolute Gasteiger partial charge is 0.200 e. The standard InChI is InChI=1S/C15H25O4P/c1-14(2,3)10-7-9(13(17)20(18)19)8-11(12(10)16)15(4,5)6/h7-8,13,16-19H,1-6H3. The van der Waals surface area contributed by atoms with Crippen molar-refractivity contribution in [3.05, 3.63) is 28.8 Å². The lowest BCUT2D eigenvalue weighted by Crippen LogP contribution is -2.18. The van der Waals surface area contributed by atoms with Gasteiger partial charge >= 0.3 is 0 Å². The van der Waals surface area contributed by atoms with Crippen molar-refractivity contribution in [1.29, 1.82) is 0 Å². The summed E-state index contributed by atoms with van der Waals surface area (Å²) in [6, 6.07) is 3.30. The fraction of sp³-hybridized carbons (Fsp3) is 0.600. The molecule has 0 bridgehead atoms. The number of rotatable bonds is 2. The molecule has 0 aliphatic rings. The molecule has 0 saturated carbocycles. The van der Waals surface area contributed by atoms with Crippen LogP contribution in [0.4, 0.5) is 0 Å². The zero-order valence-corrected chi connectivity index (χ0v) is 13.9. The number of phenols is 1. The van der Waals surface area contributed by atoms with E-state index < -0.39 is 14.2 Å². The van der Waals surface area contributed by atoms with Crippen LogP contribution in [0.2, 0.25) is 0 Å². The summed E-state index contributed by atoms with van der Waals surface area (Å²) < 4.78 is 0. The van der Waals surface area contributed by atoms with Crippen molar-refractivity contribution in [2.45, 2.75) is 58.2 Å². The van der Waals surface area contributed by atoms with E-state index in [2.05, 4.69) is 0 Å². The molecule has 0 amide bonds. The van der Waals surface area contributed by atoms with Crippen molar-refractivity contribution < 1.29 is 20.0 Å². The zero-order valence-electron chi connectivity index (χ0n) is 13.0. The molecule has 0 aromatic heterocycles. The van der Waals surface area contributed by atoms with Gasteiger partial charge in [0.2, 0.25) is 8.38 Å². The van der Waals surface area contributed by atoms with Gasteiger partial charge in [-0.25, -0.2) is 0 Å². The summed E-state index contributed by atoms with van der Waals surface area (Å²) >= 11 is 0. The lowest BCUT2D eigenvalue weighted by molar-refractivity contribution is 0.232. The lowest BCUT2D eigenvalue weighted by Gasteiger charge is -2.29. The van der Waals surface area contributed by atoms with Crippen LogP contribution in [-0.2, 0) is 10.8 Å². The number of hydrogen-bond donors (Lipinski definition) is 4. The third kappa shape index (κ3) is 3.70. The molecule has 1 aromatic rings. The quantitative estimate of drug-likeness (QED) is 0.632. The molecular formula is C15H25O4P. The molecule has 0 heterocycles. The van der Waals surface area contributed by atoms with E-state index in [0.717, 1.165) is 0 Å². The Hall–Kier alpha value is -0.670. The van der Waals surface area contributed by atoms with E-state index in [1.54, 1.807) is 12.1 Å². The van der Waals surface area contributed by atoms with Crippen LogP contribution in [0, 0.1) is 0 Å². The van der Waals surface area contributed by atoms with Gasteiger partial charge in [0.15, 0.2) is 0 Å². The molecule has 1 aromatic carbocycles. The minimum absolute atomic E-state index is 0.209. The Balaban J connectivity index is 3.59. The molecule has 20 heavy (non-hydrogen) atoms. The normalized spacial score (nSPS) is 14.7. The van der Waals surface area contributed by atoms with Crippen LogP contribution in [0.5, 0.6) is 5.75 Å². The summed E-state index contributed by atoms with van der Waals surface area (Å²) in [6.07, 6.45) is 0. The minimum atomic E-state index is -2.47. The Kier molecular flexibility index (Phi) is 4.87. The number of aliphatic hydroxyl groups is 1. The number of benzene rings is 1. The van der Waals surface area contributed by atoms with Gasteiger partial charge < -0.3 is 20.0 Å². The first-order valence-corrected chi connectivity index (χ1v) is 7.90. The lowest BCUT2D eigenvalue weighted by atomic mass is 9.78. The molecular weight excluding hydrogens is 275 g/mol. The highest BCUT2D eigenvalue weighted by molar-refractivity contribution is 7.45. The van der Waals surface area contributed by atoms with Crippen molar-refractivity contribution in [3.8, 4) is 5.75 Å². The molecule has 0 aliphatic carbocycles. The van der Waals surface area contributed by atoms with Gasteiger partial charge in [0, 0.05) is 0 Å². The van der Waals surface area contributed by atoms with Gasteiger partial charge in [-0.3, -0.25) is 0 Å². The van der Waals surface area contributed by atoms with Gasteiger partial charge in [-0.05, 0) is 39.7 Å². The van der Waals surface area contributed by atoms with E-state index in [0.29, 0.717) is 16.7 Å². The van der Waals surface area contributed by atoms with E-state index in [4.69, 9.17) is 0 Å². The second-order valence-electron chi connectivity index (χ2n) is 7.16. The van der Waals surface area contributed by atoms with Crippen molar-refractivity contribution in [2.24, 2.45) is 0 Å². The molecule has 5 heteroatoms. The Morgan fingerprint density at radius 3 is 1.50 bits per heavy atom. The Bertz CT molecular complexity index is 449. The molecule has 0 radical (unpaired) electrons. The van der Waals surface area contributed by atoms with Crippen LogP contribution in [0.15, 0.2) is 12.1 Å². The second kappa shape index (κ2) is 5.61. The van der Waals surface area contributed by atoms with Crippen LogP contribution in [0.3, 0.4) is 0 Å². The molecule has 0 aliphatic heterocycles. The van der Waals surface area contributed by atoms with E-state index in [1.165, 1.54) is 0 Å². The molecule has 0 spiro atoms. The summed E-state index contributed by atoms with van der Waals surface area (Å²) in [6.45, 7) is 11.8. The Morgan fingerprint density at radius 2 is 1.25 bits per heavy atom. The van der Waals surface area contributed by atoms with E-state index in [1.807, 2.05) is 41.5 Å². The number of aliphatic hydroxyl groups excluding tert-OH is 1. The fourth-order valence-electron chi connectivity index (χ4n) is 2.08. The molecule has 0 saturated heterocycles. The predicted octanol–water partition coefficient (Wildman–Crippen LogP) is 3.27. The molecule has 114 valence electrons. The maximum atomic E-state index is 10.5. The van der Waals surface area contributed by atoms with E-state index >= 15 is 0 Å². The van der Waals surface area contributed by atoms with Gasteiger partial charge in [0.1, 0.15) is 11.6 Å². The summed E-state index contributed by atoms with van der Waals surface area (Å²) in [5, 5.41) is 20.4. The summed E-state index contributed by atoms with van der Waals surface area (Å²) in [5.74, 6) is -1.12. The van der Waals surface area contributed by atoms with Gasteiger partial charge in [-0.2, -0.15) is 0 Å². The maximum absolute atomic E-state index is 10.5. The SMILES string of the molecule is CC(C)(C)c1cc(C(O)P(O)O)cc(C(C)(C)C)c1O. The van der Waals surface area contributed by atoms with Crippen LogP contribution >= 0.6 is 8.38 Å². The van der Waals surface area contributed by atoms with Crippen LogP contribution in [0.1, 0.15) is 64.1 Å². The number of hydrogen-bond acceptors (Lipinski definition) is 4. The summed E-state index contributed by atoms with van der Waals surface area (Å²) in [4.78, 5) is 18.5. The Labute approximate surface area is 122 Å². The van der Waals surface area contributed by atoms with Crippen molar-refractivity contribution in [1.82, 2.24) is 0 Å². The number of aromatic hydroxyl groups is 1. The van der Waals surface area contributed by atoms with E-state index in [9.17, 15) is 20.0 Å². The molecule has 4 nitrogen and oxygen atoms in total. The van der Waals surface area contributed by atoms with E-state index in [-0.39, 0.29) is 16.6 Å². The molecule has 0 fully saturated rings. The summed E-state index contributed by atoms with van der Waals surface area (Å²) in [5.41, 5.74) is 1.18. The van der Waals surface area contributed by atoms with Crippen LogP contribution in [-0.4, -0.2) is 20.0 Å². The minimum Gasteiger partial charge on any atom is -0.507 e. The topological polar surface area (TPSA) is 80.9 Å². The summed E-state index contributed by atoms with van der Waals surface area (Å²) in [7, 11) is -2.47. The van der Waals surface area contributed by atoms with Crippen molar-refractivity contribution in [3.63, 3.8) is 0 Å². The largest absolute Gasteiger partial charge is 0.507 e. The van der Waals surface area contributed by atoms with Gasteiger partial charge in [-0.15, -0.1) is 0 Å². The van der Waals surface area contributed by atoms with Crippen LogP contribution < -0.4 is 0 Å². The van der Waals surface area contributed by atoms with Gasteiger partial charge in [-0.1, -0.05) is 41.5 Å². The molecule has 1 rings (SSSR count). The monoisotopic (exact) mass is 300 g/mol. The average molecular weight is 300 g/mol. The highest BCUT2D eigenvalue weighted by Gasteiger charge is 2.29. The zero-order chi connectivity index (χ0) is 15.9. The van der Waals surface area contributed by atoms with Gasteiger partial charge in [0.25, 0.3) is 0 Å². The predicted molar refractivity (Wildman–Crippen MR) is 81.8 cm³/mol. The molecule has 1 unspecified atom stereocenters. The third-order valence-electron chi connectivity index (χ3n) is 3.27. The van der Waals surface area contributed by atoms with Crippen LogP contribution in [0.25, 0.3) is 0 Å². The molecule has 4 N–H and O–H groups in total. The first kappa shape index (κ1) is 17.4. The second-order valence-corrected chi connectivity index (χ2v) is 8.29. The third-order valence-corrected chi connectivity index (χ3v) is 4.00. The van der Waals surface area contributed by atoms with Gasteiger partial charge in [0.05, 0.1) is 0 Å². The average Bonchev–Trinajstić information content (AvgIpc) is 2.24. The number of phenolic OH excluding ortho intramolecular Hbond substituents is 1.